The van der Waals surface area contributed by atoms with Crippen LogP contribution >= 0.6 is 0 Å². The van der Waals surface area contributed by atoms with Gasteiger partial charge >= 0.3 is 0 Å². The average Bonchev–Trinajstić information content (AvgIpc) is 2.58. The van der Waals surface area contributed by atoms with Crippen LogP contribution in [-0.2, 0) is 27.1 Å². The van der Waals surface area contributed by atoms with Gasteiger partial charge in [0, 0.05) is 13.0 Å². The van der Waals surface area contributed by atoms with Crippen molar-refractivity contribution in [3.05, 3.63) is 35.4 Å². The topological polar surface area (TPSA) is 95.5 Å². The first kappa shape index (κ1) is 19.9. The Morgan fingerprint density at radius 1 is 1.14 bits per heavy atom. The summed E-state index contributed by atoms with van der Waals surface area (Å²) in [5.74, 6) is 1.02. The standard InChI is InChI=1S/C21H30N2O4S/c1-22-28(26,27)13-18-5-3-2-4-17(18)12-23-19(24)11-20-7-15-6-16(8-20)10-21(25,9-15)14-20/h2-5,15-16,22,25H,6-14H2,1H3,(H,23,24). The number of nitrogens with one attached hydrogen (secondary N) is 2. The van der Waals surface area contributed by atoms with Crippen LogP contribution in [0.1, 0.15) is 56.1 Å². The van der Waals surface area contributed by atoms with Crippen LogP contribution in [0.3, 0.4) is 0 Å². The first-order valence-corrected chi connectivity index (χ1v) is 11.8. The van der Waals surface area contributed by atoms with Gasteiger partial charge in [-0.1, -0.05) is 24.3 Å². The van der Waals surface area contributed by atoms with Crippen molar-refractivity contribution < 1.29 is 18.3 Å². The Hall–Kier alpha value is -1.44. The molecule has 0 spiro atoms. The lowest BCUT2D eigenvalue weighted by Crippen LogP contribution is -2.56. The molecule has 1 aromatic rings. The number of carbonyl (C=O) groups is 1. The Balaban J connectivity index is 1.40. The summed E-state index contributed by atoms with van der Waals surface area (Å²) in [6.07, 6.45) is 6.32. The van der Waals surface area contributed by atoms with Crippen LogP contribution < -0.4 is 10.0 Å². The van der Waals surface area contributed by atoms with Crippen molar-refractivity contribution in [2.45, 2.75) is 62.8 Å². The molecule has 1 aromatic carbocycles. The Morgan fingerprint density at radius 3 is 2.39 bits per heavy atom. The van der Waals surface area contributed by atoms with E-state index in [4.69, 9.17) is 0 Å². The highest BCUT2D eigenvalue weighted by Gasteiger charge is 2.57. The van der Waals surface area contributed by atoms with Crippen LogP contribution in [0.5, 0.6) is 0 Å². The summed E-state index contributed by atoms with van der Waals surface area (Å²) >= 11 is 0. The molecule has 6 nitrogen and oxygen atoms in total. The molecular weight excluding hydrogens is 376 g/mol. The summed E-state index contributed by atoms with van der Waals surface area (Å²) in [4.78, 5) is 12.7. The molecule has 0 radical (unpaired) electrons. The molecule has 2 unspecified atom stereocenters. The van der Waals surface area contributed by atoms with E-state index in [9.17, 15) is 18.3 Å². The number of carbonyl (C=O) groups excluding carboxylic acids is 1. The van der Waals surface area contributed by atoms with Crippen LogP contribution in [0.2, 0.25) is 0 Å². The van der Waals surface area contributed by atoms with Crippen molar-refractivity contribution in [2.24, 2.45) is 17.3 Å². The van der Waals surface area contributed by atoms with Gasteiger partial charge in [0.2, 0.25) is 15.9 Å². The van der Waals surface area contributed by atoms with Crippen molar-refractivity contribution in [1.29, 1.82) is 0 Å². The number of benzene rings is 1. The van der Waals surface area contributed by atoms with Gasteiger partial charge in [0.15, 0.2) is 0 Å². The van der Waals surface area contributed by atoms with Crippen molar-refractivity contribution in [1.82, 2.24) is 10.0 Å². The zero-order chi connectivity index (χ0) is 20.0. The highest BCUT2D eigenvalue weighted by atomic mass is 32.2. The van der Waals surface area contributed by atoms with Gasteiger partial charge in [0.05, 0.1) is 11.4 Å². The van der Waals surface area contributed by atoms with Crippen molar-refractivity contribution in [3.8, 4) is 0 Å². The van der Waals surface area contributed by atoms with Crippen LogP contribution in [0.4, 0.5) is 0 Å². The maximum atomic E-state index is 12.7. The SMILES string of the molecule is CNS(=O)(=O)Cc1ccccc1CNC(=O)CC12CC3CC(CC(O)(C3)C1)C2. The molecule has 0 aliphatic heterocycles. The van der Waals surface area contributed by atoms with Gasteiger partial charge in [-0.05, 0) is 74.0 Å². The summed E-state index contributed by atoms with van der Waals surface area (Å²) in [6, 6.07) is 7.30. The minimum Gasteiger partial charge on any atom is -0.390 e. The molecule has 4 aliphatic carbocycles. The second-order valence-corrected chi connectivity index (χ2v) is 11.3. The molecule has 4 saturated carbocycles. The predicted octanol–water partition coefficient (Wildman–Crippen LogP) is 2.07. The number of rotatable bonds is 7. The summed E-state index contributed by atoms with van der Waals surface area (Å²) in [5, 5.41) is 13.9. The summed E-state index contributed by atoms with van der Waals surface area (Å²) in [7, 11) is -1.97. The van der Waals surface area contributed by atoms with Gasteiger partial charge in [-0.25, -0.2) is 13.1 Å². The molecule has 28 heavy (non-hydrogen) atoms. The zero-order valence-electron chi connectivity index (χ0n) is 16.4. The van der Waals surface area contributed by atoms with Gasteiger partial charge < -0.3 is 10.4 Å². The number of hydrogen-bond donors (Lipinski definition) is 3. The normalized spacial score (nSPS) is 33.8. The van der Waals surface area contributed by atoms with E-state index in [1.165, 1.54) is 13.5 Å². The minimum atomic E-state index is -3.37. The summed E-state index contributed by atoms with van der Waals surface area (Å²) in [5.41, 5.74) is 0.899. The highest BCUT2D eigenvalue weighted by molar-refractivity contribution is 7.88. The third-order valence-corrected chi connectivity index (χ3v) is 8.25. The average molecular weight is 407 g/mol. The van der Waals surface area contributed by atoms with Gasteiger partial charge in [-0.3, -0.25) is 4.79 Å². The van der Waals surface area contributed by atoms with E-state index in [0.29, 0.717) is 30.4 Å². The second kappa shape index (κ2) is 7.11. The fourth-order valence-corrected chi connectivity index (χ4v) is 7.19. The monoisotopic (exact) mass is 406 g/mol. The van der Waals surface area contributed by atoms with E-state index < -0.39 is 15.6 Å². The van der Waals surface area contributed by atoms with Crippen LogP contribution in [-0.4, -0.2) is 32.1 Å². The van der Waals surface area contributed by atoms with Crippen molar-refractivity contribution in [3.63, 3.8) is 0 Å². The van der Waals surface area contributed by atoms with Crippen molar-refractivity contribution >= 4 is 15.9 Å². The van der Waals surface area contributed by atoms with Gasteiger partial charge in [-0.15, -0.1) is 0 Å². The molecule has 5 rings (SSSR count). The Labute approximate surface area is 167 Å². The molecule has 3 N–H and O–H groups in total. The molecular formula is C21H30N2O4S. The minimum absolute atomic E-state index is 0.00294. The Bertz CT molecular complexity index is 853. The summed E-state index contributed by atoms with van der Waals surface area (Å²) < 4.78 is 26.1. The molecule has 2 atom stereocenters. The number of aliphatic hydroxyl groups is 1. The number of sulfonamides is 1. The van der Waals surface area contributed by atoms with Crippen LogP contribution in [0, 0.1) is 17.3 Å². The lowest BCUT2D eigenvalue weighted by Gasteiger charge is -2.60. The van der Waals surface area contributed by atoms with E-state index in [-0.39, 0.29) is 17.1 Å². The molecule has 0 aromatic heterocycles. The van der Waals surface area contributed by atoms with E-state index in [2.05, 4.69) is 10.0 Å². The molecule has 4 aliphatic rings. The van der Waals surface area contributed by atoms with E-state index in [0.717, 1.165) is 37.7 Å². The van der Waals surface area contributed by atoms with Gasteiger partial charge in [0.25, 0.3) is 0 Å². The molecule has 0 heterocycles. The summed E-state index contributed by atoms with van der Waals surface area (Å²) in [6.45, 7) is 0.321. The largest absolute Gasteiger partial charge is 0.390 e. The lowest BCUT2D eigenvalue weighted by atomic mass is 9.47. The van der Waals surface area contributed by atoms with Crippen LogP contribution in [0.15, 0.2) is 24.3 Å². The smallest absolute Gasteiger partial charge is 0.220 e. The molecule has 1 amide bonds. The fourth-order valence-electron chi connectivity index (χ4n) is 6.35. The third-order valence-electron chi connectivity index (χ3n) is 6.94. The maximum Gasteiger partial charge on any atom is 0.220 e. The first-order chi connectivity index (χ1) is 13.2. The van der Waals surface area contributed by atoms with E-state index in [1.54, 1.807) is 6.07 Å². The molecule has 4 fully saturated rings. The van der Waals surface area contributed by atoms with E-state index in [1.807, 2.05) is 18.2 Å². The fraction of sp³-hybridized carbons (Fsp3) is 0.667. The maximum absolute atomic E-state index is 12.7. The Kier molecular flexibility index (Phi) is 5.04. The quantitative estimate of drug-likeness (QED) is 0.646. The van der Waals surface area contributed by atoms with Crippen molar-refractivity contribution in [2.75, 3.05) is 7.05 Å². The predicted molar refractivity (Wildman–Crippen MR) is 107 cm³/mol. The van der Waals surface area contributed by atoms with Gasteiger partial charge in [-0.2, -0.15) is 0 Å². The zero-order valence-corrected chi connectivity index (χ0v) is 17.2. The lowest BCUT2D eigenvalue weighted by molar-refractivity contribution is -0.169. The van der Waals surface area contributed by atoms with E-state index >= 15 is 0 Å². The molecule has 0 saturated heterocycles. The van der Waals surface area contributed by atoms with Crippen LogP contribution in [0.25, 0.3) is 0 Å². The molecule has 154 valence electrons. The Morgan fingerprint density at radius 2 is 1.79 bits per heavy atom. The second-order valence-electron chi connectivity index (χ2n) is 9.37. The molecule has 4 bridgehead atoms. The number of hydrogen-bond acceptors (Lipinski definition) is 4. The number of amides is 1. The third kappa shape index (κ3) is 4.11. The molecule has 7 heteroatoms. The van der Waals surface area contributed by atoms with Gasteiger partial charge in [0.1, 0.15) is 0 Å². The first-order valence-electron chi connectivity index (χ1n) is 10.2. The highest BCUT2D eigenvalue weighted by Crippen LogP contribution is 2.62.